The molecule has 172 valence electrons. The summed E-state index contributed by atoms with van der Waals surface area (Å²) in [6.07, 6.45) is 5.19. The summed E-state index contributed by atoms with van der Waals surface area (Å²) in [5.41, 5.74) is -0.793. The topological polar surface area (TPSA) is 33.6 Å². The maximum Gasteiger partial charge on any atom is 0.417 e. The third-order valence-corrected chi connectivity index (χ3v) is 3.87. The van der Waals surface area contributed by atoms with Crippen LogP contribution in [0.15, 0.2) is 90.3 Å². The molecule has 0 fully saturated rings. The fraction of sp³-hybridized carbons (Fsp3) is 0.208. The molecule has 0 aliphatic rings. The van der Waals surface area contributed by atoms with Crippen LogP contribution in [0.4, 0.5) is 22.0 Å². The van der Waals surface area contributed by atoms with Crippen molar-refractivity contribution < 1.29 is 26.7 Å². The number of benzene rings is 1. The van der Waals surface area contributed by atoms with Gasteiger partial charge in [-0.2, -0.15) is 13.2 Å². The minimum absolute atomic E-state index is 0.0248. The molecular weight excluding hydrogens is 427 g/mol. The standard InChI is InChI=1S/C24H25F5N2O/c1-5-12-31-21(16-32-17(4)8-9-19(25)7-3)15-30-14-18(6-2)22-11-10-20(26)13-23(22)24(27,28)29/h6-15,30H,2-3,5,16H2,1,4H3/b17-8+,18-14+,19-9+,21-15-,31-12?. The molecule has 0 radical (unpaired) electrons. The maximum atomic E-state index is 13.4. The van der Waals surface area contributed by atoms with Crippen LogP contribution < -0.4 is 5.32 Å². The van der Waals surface area contributed by atoms with Gasteiger partial charge in [0, 0.05) is 18.6 Å². The van der Waals surface area contributed by atoms with Crippen molar-refractivity contribution >= 4 is 11.8 Å². The molecule has 0 atom stereocenters. The van der Waals surface area contributed by atoms with Gasteiger partial charge in [-0.25, -0.2) is 8.78 Å². The molecule has 1 aromatic rings. The molecule has 1 N–H and O–H groups in total. The molecule has 8 heteroatoms. The highest BCUT2D eigenvalue weighted by molar-refractivity contribution is 5.75. The molecule has 0 heterocycles. The smallest absolute Gasteiger partial charge is 0.417 e. The fourth-order valence-electron chi connectivity index (χ4n) is 2.30. The lowest BCUT2D eigenvalue weighted by molar-refractivity contribution is -0.137. The van der Waals surface area contributed by atoms with E-state index < -0.39 is 23.4 Å². The SMILES string of the molecule is C=C/C(F)=C\C=C(/C)OC/C(=C/N/C=C(\C=C)c1ccc(F)cc1C(F)(F)F)N=CCC. The van der Waals surface area contributed by atoms with Gasteiger partial charge in [-0.05, 0) is 54.8 Å². The minimum atomic E-state index is -4.73. The van der Waals surface area contributed by atoms with Crippen molar-refractivity contribution in [3.63, 3.8) is 0 Å². The van der Waals surface area contributed by atoms with E-state index in [-0.39, 0.29) is 17.7 Å². The second-order valence-corrected chi connectivity index (χ2v) is 6.34. The number of nitrogens with one attached hydrogen (secondary N) is 1. The number of alkyl halides is 3. The summed E-state index contributed by atoms with van der Waals surface area (Å²) >= 11 is 0. The van der Waals surface area contributed by atoms with Crippen molar-refractivity contribution in [1.29, 1.82) is 0 Å². The van der Waals surface area contributed by atoms with Gasteiger partial charge in [0.2, 0.25) is 0 Å². The van der Waals surface area contributed by atoms with E-state index in [1.165, 1.54) is 30.6 Å². The zero-order valence-electron chi connectivity index (χ0n) is 17.8. The first-order chi connectivity index (χ1) is 15.1. The first-order valence-corrected chi connectivity index (χ1v) is 9.59. The van der Waals surface area contributed by atoms with E-state index in [2.05, 4.69) is 23.5 Å². The Kier molecular flexibility index (Phi) is 10.9. The van der Waals surface area contributed by atoms with Gasteiger partial charge in [-0.3, -0.25) is 4.99 Å². The second kappa shape index (κ2) is 13.1. The number of allylic oxidation sites excluding steroid dienone is 7. The third kappa shape index (κ3) is 9.16. The first-order valence-electron chi connectivity index (χ1n) is 9.59. The number of ether oxygens (including phenoxy) is 1. The van der Waals surface area contributed by atoms with Gasteiger partial charge in [0.1, 0.15) is 18.3 Å². The van der Waals surface area contributed by atoms with Gasteiger partial charge in [-0.15, -0.1) is 0 Å². The Balaban J connectivity index is 3.09. The minimum Gasteiger partial charge on any atom is -0.492 e. The summed E-state index contributed by atoms with van der Waals surface area (Å²) in [4.78, 5) is 4.22. The summed E-state index contributed by atoms with van der Waals surface area (Å²) in [5, 5.41) is 2.77. The van der Waals surface area contributed by atoms with Crippen molar-refractivity contribution in [3.8, 4) is 0 Å². The fourth-order valence-corrected chi connectivity index (χ4v) is 2.30. The molecular formula is C24H25F5N2O. The molecule has 0 aliphatic carbocycles. The van der Waals surface area contributed by atoms with Gasteiger partial charge >= 0.3 is 6.18 Å². The Morgan fingerprint density at radius 1 is 1.16 bits per heavy atom. The number of halogens is 5. The summed E-state index contributed by atoms with van der Waals surface area (Å²) in [5.74, 6) is -1.09. The van der Waals surface area contributed by atoms with E-state index in [4.69, 9.17) is 4.74 Å². The highest BCUT2D eigenvalue weighted by atomic mass is 19.4. The van der Waals surface area contributed by atoms with E-state index in [1.807, 2.05) is 6.92 Å². The first kappa shape index (κ1) is 26.6. The zero-order chi connectivity index (χ0) is 24.1. The molecule has 0 aliphatic heterocycles. The van der Waals surface area contributed by atoms with E-state index in [0.29, 0.717) is 23.9 Å². The summed E-state index contributed by atoms with van der Waals surface area (Å²) in [7, 11) is 0. The lowest BCUT2D eigenvalue weighted by atomic mass is 9.99. The predicted octanol–water partition coefficient (Wildman–Crippen LogP) is 7.24. The van der Waals surface area contributed by atoms with Crippen LogP contribution in [-0.4, -0.2) is 12.8 Å². The molecule has 32 heavy (non-hydrogen) atoms. The van der Waals surface area contributed by atoms with Crippen molar-refractivity contribution in [2.45, 2.75) is 26.4 Å². The molecule has 0 saturated heterocycles. The Hall–Kier alpha value is -3.42. The van der Waals surface area contributed by atoms with Crippen molar-refractivity contribution in [3.05, 3.63) is 102 Å². The van der Waals surface area contributed by atoms with Crippen LogP contribution in [0.1, 0.15) is 31.4 Å². The highest BCUT2D eigenvalue weighted by Crippen LogP contribution is 2.35. The quantitative estimate of drug-likeness (QED) is 0.166. The normalized spacial score (nSPS) is 14.0. The summed E-state index contributed by atoms with van der Waals surface area (Å²) in [6, 6.07) is 2.42. The van der Waals surface area contributed by atoms with Crippen LogP contribution in [0.25, 0.3) is 5.57 Å². The molecule has 0 aromatic heterocycles. The number of hydrogen-bond donors (Lipinski definition) is 1. The van der Waals surface area contributed by atoms with Crippen LogP contribution in [0, 0.1) is 5.82 Å². The lowest BCUT2D eigenvalue weighted by Gasteiger charge is -2.14. The van der Waals surface area contributed by atoms with Crippen molar-refractivity contribution in [2.24, 2.45) is 4.99 Å². The molecule has 0 bridgehead atoms. The van der Waals surface area contributed by atoms with Gasteiger partial charge in [0.05, 0.1) is 17.0 Å². The maximum absolute atomic E-state index is 13.4. The molecule has 1 rings (SSSR count). The Labute approximate surface area is 184 Å². The van der Waals surface area contributed by atoms with Gasteiger partial charge in [0.25, 0.3) is 0 Å². The zero-order valence-corrected chi connectivity index (χ0v) is 17.8. The van der Waals surface area contributed by atoms with E-state index >= 15 is 0 Å². The van der Waals surface area contributed by atoms with Crippen LogP contribution in [0.5, 0.6) is 0 Å². The van der Waals surface area contributed by atoms with E-state index in [1.54, 1.807) is 13.1 Å². The monoisotopic (exact) mass is 452 g/mol. The number of aliphatic imine (C=N–C) groups is 1. The second-order valence-electron chi connectivity index (χ2n) is 6.34. The molecule has 1 aromatic carbocycles. The average molecular weight is 452 g/mol. The van der Waals surface area contributed by atoms with Gasteiger partial charge in [0.15, 0.2) is 0 Å². The largest absolute Gasteiger partial charge is 0.492 e. The highest BCUT2D eigenvalue weighted by Gasteiger charge is 2.34. The van der Waals surface area contributed by atoms with E-state index in [9.17, 15) is 22.0 Å². The van der Waals surface area contributed by atoms with Crippen LogP contribution in [0.3, 0.4) is 0 Å². The summed E-state index contributed by atoms with van der Waals surface area (Å²) in [6.45, 7) is 10.4. The Morgan fingerprint density at radius 2 is 1.88 bits per heavy atom. The number of rotatable bonds is 11. The van der Waals surface area contributed by atoms with E-state index in [0.717, 1.165) is 18.2 Å². The molecule has 0 unspecified atom stereocenters. The third-order valence-electron chi connectivity index (χ3n) is 3.87. The lowest BCUT2D eigenvalue weighted by Crippen LogP contribution is -2.10. The molecule has 0 saturated carbocycles. The van der Waals surface area contributed by atoms with Crippen molar-refractivity contribution in [2.75, 3.05) is 6.61 Å². The predicted molar refractivity (Wildman–Crippen MR) is 119 cm³/mol. The molecule has 0 spiro atoms. The number of hydrogen-bond acceptors (Lipinski definition) is 3. The Morgan fingerprint density at radius 3 is 2.47 bits per heavy atom. The summed E-state index contributed by atoms with van der Waals surface area (Å²) < 4.78 is 71.8. The van der Waals surface area contributed by atoms with Crippen molar-refractivity contribution in [1.82, 2.24) is 5.32 Å². The Bertz CT molecular complexity index is 954. The van der Waals surface area contributed by atoms with Crippen LogP contribution in [0.2, 0.25) is 0 Å². The average Bonchev–Trinajstić information content (AvgIpc) is 2.75. The van der Waals surface area contributed by atoms with Gasteiger partial charge in [-0.1, -0.05) is 32.2 Å². The van der Waals surface area contributed by atoms with Crippen LogP contribution >= 0.6 is 0 Å². The van der Waals surface area contributed by atoms with Gasteiger partial charge < -0.3 is 10.1 Å². The molecule has 0 amide bonds. The van der Waals surface area contributed by atoms with Crippen LogP contribution in [-0.2, 0) is 10.9 Å². The molecule has 3 nitrogen and oxygen atoms in total. The number of nitrogens with zero attached hydrogens (tertiary/aromatic N) is 1.